The summed E-state index contributed by atoms with van der Waals surface area (Å²) in [6, 6.07) is 6.82. The molecule has 2 rings (SSSR count). The highest BCUT2D eigenvalue weighted by Gasteiger charge is 2.25. The largest absolute Gasteiger partial charge is 0.478 e. The Labute approximate surface area is 143 Å². The summed E-state index contributed by atoms with van der Waals surface area (Å²) in [5.74, 6) is -1.33. The summed E-state index contributed by atoms with van der Waals surface area (Å²) in [4.78, 5) is 22.2. The van der Waals surface area contributed by atoms with Crippen LogP contribution in [0.25, 0.3) is 0 Å². The lowest BCUT2D eigenvalue weighted by Gasteiger charge is -2.09. The molecule has 0 saturated heterocycles. The van der Waals surface area contributed by atoms with Gasteiger partial charge in [0.25, 0.3) is 5.69 Å². The van der Waals surface area contributed by atoms with Crippen LogP contribution in [-0.2, 0) is 0 Å². The summed E-state index contributed by atoms with van der Waals surface area (Å²) in [5, 5.41) is 21.1. The van der Waals surface area contributed by atoms with E-state index < -0.39 is 16.6 Å². The van der Waals surface area contributed by atoms with Gasteiger partial charge >= 0.3 is 5.97 Å². The first-order chi connectivity index (χ1) is 10.3. The van der Waals surface area contributed by atoms with Crippen molar-refractivity contribution in [2.75, 3.05) is 0 Å². The molecule has 0 amide bonds. The molecule has 5 nitrogen and oxygen atoms in total. The highest BCUT2D eigenvalue weighted by atomic mass is 35.5. The molecule has 0 heterocycles. The third-order valence-electron chi connectivity index (χ3n) is 2.57. The van der Waals surface area contributed by atoms with Gasteiger partial charge in [-0.25, -0.2) is 4.79 Å². The monoisotopic (exact) mass is 377 g/mol. The molecule has 0 fully saturated rings. The molecule has 0 atom stereocenters. The topological polar surface area (TPSA) is 80.4 Å². The first-order valence-electron chi connectivity index (χ1n) is 5.63. The molecule has 2 aromatic carbocycles. The second-order valence-electron chi connectivity index (χ2n) is 4.04. The maximum Gasteiger partial charge on any atom is 0.337 e. The van der Waals surface area contributed by atoms with Crippen LogP contribution in [0.4, 0.5) is 5.69 Å². The summed E-state index contributed by atoms with van der Waals surface area (Å²) >= 11 is 18.5. The number of rotatable bonds is 4. The van der Waals surface area contributed by atoms with Crippen LogP contribution in [0.5, 0.6) is 0 Å². The van der Waals surface area contributed by atoms with Gasteiger partial charge in [-0.05, 0) is 24.3 Å². The van der Waals surface area contributed by atoms with Gasteiger partial charge < -0.3 is 5.11 Å². The third-order valence-corrected chi connectivity index (χ3v) is 4.65. The number of hydrogen-bond acceptors (Lipinski definition) is 4. The van der Waals surface area contributed by atoms with Crippen LogP contribution in [0.15, 0.2) is 40.1 Å². The molecule has 0 bridgehead atoms. The van der Waals surface area contributed by atoms with Gasteiger partial charge in [0.1, 0.15) is 4.90 Å². The number of aromatic carboxylic acids is 1. The van der Waals surface area contributed by atoms with E-state index in [9.17, 15) is 20.0 Å². The highest BCUT2D eigenvalue weighted by Crippen LogP contribution is 2.42. The van der Waals surface area contributed by atoms with Crippen LogP contribution in [-0.4, -0.2) is 16.0 Å². The minimum absolute atomic E-state index is 0.0364. The zero-order chi connectivity index (χ0) is 16.4. The van der Waals surface area contributed by atoms with Gasteiger partial charge in [0.15, 0.2) is 0 Å². The molecule has 0 aliphatic rings. The number of nitro groups is 1. The van der Waals surface area contributed by atoms with Gasteiger partial charge in [-0.15, -0.1) is 0 Å². The zero-order valence-electron chi connectivity index (χ0n) is 10.5. The number of carboxylic acids is 1. The van der Waals surface area contributed by atoms with E-state index >= 15 is 0 Å². The van der Waals surface area contributed by atoms with Gasteiger partial charge in [-0.3, -0.25) is 10.1 Å². The fraction of sp³-hybridized carbons (Fsp3) is 0. The molecule has 2 aromatic rings. The van der Waals surface area contributed by atoms with Crippen molar-refractivity contribution in [3.63, 3.8) is 0 Å². The Morgan fingerprint density at radius 3 is 2.41 bits per heavy atom. The molecule has 0 aliphatic heterocycles. The molecular formula is C13H6Cl3NO4S. The molecule has 1 N–H and O–H groups in total. The summed E-state index contributed by atoms with van der Waals surface area (Å²) in [7, 11) is 0. The average Bonchev–Trinajstić information content (AvgIpc) is 2.43. The van der Waals surface area contributed by atoms with Crippen molar-refractivity contribution in [1.82, 2.24) is 0 Å². The van der Waals surface area contributed by atoms with Crippen LogP contribution >= 0.6 is 46.6 Å². The van der Waals surface area contributed by atoms with Crippen molar-refractivity contribution in [3.05, 3.63) is 61.1 Å². The van der Waals surface area contributed by atoms with E-state index in [4.69, 9.17) is 34.8 Å². The Balaban J connectivity index is 2.64. The number of halogens is 3. The molecule has 0 aliphatic carbocycles. The number of carbonyl (C=O) groups is 1. The Morgan fingerprint density at radius 1 is 1.14 bits per heavy atom. The maximum absolute atomic E-state index is 11.3. The van der Waals surface area contributed by atoms with Crippen LogP contribution in [0.1, 0.15) is 10.4 Å². The number of benzene rings is 2. The first-order valence-corrected chi connectivity index (χ1v) is 7.58. The quantitative estimate of drug-likeness (QED) is 0.568. The molecule has 0 unspecified atom stereocenters. The number of nitrogens with zero attached hydrogens (tertiary/aromatic N) is 1. The lowest BCUT2D eigenvalue weighted by Crippen LogP contribution is -2.02. The van der Waals surface area contributed by atoms with E-state index in [0.717, 1.165) is 23.9 Å². The molecular weight excluding hydrogens is 373 g/mol. The second-order valence-corrected chi connectivity index (χ2v) is 6.37. The summed E-state index contributed by atoms with van der Waals surface area (Å²) in [6.07, 6.45) is 0. The lowest BCUT2D eigenvalue weighted by atomic mass is 10.2. The van der Waals surface area contributed by atoms with E-state index in [0.29, 0.717) is 14.9 Å². The molecule has 9 heteroatoms. The van der Waals surface area contributed by atoms with Crippen molar-refractivity contribution < 1.29 is 14.8 Å². The second kappa shape index (κ2) is 6.75. The maximum atomic E-state index is 11.3. The first kappa shape index (κ1) is 16.9. The SMILES string of the molecule is O=C(O)c1cc(Cl)cc([N+](=O)[O-])c1Sc1cc(Cl)ccc1Cl. The van der Waals surface area contributed by atoms with E-state index in [1.165, 1.54) is 12.1 Å². The van der Waals surface area contributed by atoms with E-state index in [2.05, 4.69) is 0 Å². The summed E-state index contributed by atoms with van der Waals surface area (Å²) in [5.41, 5.74) is -0.689. The van der Waals surface area contributed by atoms with Crippen molar-refractivity contribution in [3.8, 4) is 0 Å². The van der Waals surface area contributed by atoms with Gasteiger partial charge in [0.2, 0.25) is 0 Å². The van der Waals surface area contributed by atoms with Gasteiger partial charge in [0, 0.05) is 21.0 Å². The van der Waals surface area contributed by atoms with Crippen LogP contribution in [0.2, 0.25) is 15.1 Å². The molecule has 0 saturated carbocycles. The number of nitro benzene ring substituents is 1. The van der Waals surface area contributed by atoms with Gasteiger partial charge in [0.05, 0.1) is 15.5 Å². The van der Waals surface area contributed by atoms with Gasteiger partial charge in [-0.1, -0.05) is 46.6 Å². The smallest absolute Gasteiger partial charge is 0.337 e. The number of hydrogen-bond donors (Lipinski definition) is 1. The Hall–Kier alpha value is -1.47. The fourth-order valence-electron chi connectivity index (χ4n) is 1.65. The van der Waals surface area contributed by atoms with E-state index in [1.54, 1.807) is 6.07 Å². The molecule has 114 valence electrons. The highest BCUT2D eigenvalue weighted by molar-refractivity contribution is 7.99. The van der Waals surface area contributed by atoms with Crippen molar-refractivity contribution in [2.45, 2.75) is 9.79 Å². The molecule has 0 radical (unpaired) electrons. The lowest BCUT2D eigenvalue weighted by molar-refractivity contribution is -0.387. The predicted octanol–water partition coefficient (Wildman–Crippen LogP) is 5.40. The van der Waals surface area contributed by atoms with E-state index in [1.807, 2.05) is 0 Å². The Kier molecular flexibility index (Phi) is 5.18. The van der Waals surface area contributed by atoms with E-state index in [-0.39, 0.29) is 15.5 Å². The standard InChI is InChI=1S/C13H6Cl3NO4S/c14-6-1-2-9(16)11(5-6)22-12-8(13(18)19)3-7(15)4-10(12)17(20)21/h1-5H,(H,18,19). The number of carboxylic acid groups (broad SMARTS) is 1. The fourth-order valence-corrected chi connectivity index (χ4v) is 3.39. The van der Waals surface area contributed by atoms with Crippen molar-refractivity contribution >= 4 is 58.2 Å². The minimum atomic E-state index is -1.33. The Bertz CT molecular complexity index is 747. The van der Waals surface area contributed by atoms with Crippen LogP contribution in [0, 0.1) is 10.1 Å². The van der Waals surface area contributed by atoms with Gasteiger partial charge in [-0.2, -0.15) is 0 Å². The summed E-state index contributed by atoms with van der Waals surface area (Å²) in [6.45, 7) is 0. The Morgan fingerprint density at radius 2 is 1.82 bits per heavy atom. The predicted molar refractivity (Wildman–Crippen MR) is 85.7 cm³/mol. The molecule has 22 heavy (non-hydrogen) atoms. The van der Waals surface area contributed by atoms with Crippen LogP contribution in [0.3, 0.4) is 0 Å². The summed E-state index contributed by atoms with van der Waals surface area (Å²) < 4.78 is 0. The zero-order valence-corrected chi connectivity index (χ0v) is 13.6. The molecule has 0 spiro atoms. The van der Waals surface area contributed by atoms with Crippen molar-refractivity contribution in [1.29, 1.82) is 0 Å². The normalized spacial score (nSPS) is 10.5. The van der Waals surface area contributed by atoms with Crippen LogP contribution < -0.4 is 0 Å². The minimum Gasteiger partial charge on any atom is -0.478 e. The van der Waals surface area contributed by atoms with Crippen molar-refractivity contribution in [2.24, 2.45) is 0 Å². The average molecular weight is 379 g/mol. The third kappa shape index (κ3) is 3.64. The molecule has 0 aromatic heterocycles.